The van der Waals surface area contributed by atoms with Gasteiger partial charge in [0.2, 0.25) is 0 Å². The molecule has 120 valence electrons. The maximum atomic E-state index is 13.3. The van der Waals surface area contributed by atoms with E-state index in [0.717, 1.165) is 0 Å². The van der Waals surface area contributed by atoms with Crippen molar-refractivity contribution < 1.29 is 13.9 Å². The number of methoxy groups -OCH3 is 1. The fourth-order valence-electron chi connectivity index (χ4n) is 2.43. The molecule has 0 atom stereocenters. The van der Waals surface area contributed by atoms with Crippen molar-refractivity contribution in [2.45, 2.75) is 0 Å². The molecule has 0 aliphatic rings. The number of rotatable bonds is 4. The van der Waals surface area contributed by atoms with E-state index in [1.807, 2.05) is 30.3 Å². The Balaban J connectivity index is 2.10. The van der Waals surface area contributed by atoms with E-state index in [1.54, 1.807) is 43.5 Å². The zero-order valence-electron chi connectivity index (χ0n) is 13.1. The monoisotopic (exact) mass is 321 g/mol. The minimum atomic E-state index is -0.350. The van der Waals surface area contributed by atoms with Gasteiger partial charge in [-0.3, -0.25) is 9.69 Å². The number of hydrogen-bond donors (Lipinski definition) is 0. The molecule has 4 heteroatoms. The van der Waals surface area contributed by atoms with Gasteiger partial charge in [-0.15, -0.1) is 0 Å². The molecule has 24 heavy (non-hydrogen) atoms. The molecule has 1 amide bonds. The van der Waals surface area contributed by atoms with Gasteiger partial charge in [-0.25, -0.2) is 4.39 Å². The molecule has 0 unspecified atom stereocenters. The summed E-state index contributed by atoms with van der Waals surface area (Å²) in [4.78, 5) is 14.6. The molecule has 0 N–H and O–H groups in total. The van der Waals surface area contributed by atoms with Crippen LogP contribution in [0.5, 0.6) is 5.75 Å². The zero-order valence-corrected chi connectivity index (χ0v) is 13.1. The number of carbonyl (C=O) groups excluding carboxylic acids is 1. The van der Waals surface area contributed by atoms with E-state index >= 15 is 0 Å². The molecule has 0 aromatic heterocycles. The lowest BCUT2D eigenvalue weighted by Crippen LogP contribution is -2.25. The minimum absolute atomic E-state index is 0.199. The third-order valence-electron chi connectivity index (χ3n) is 3.62. The van der Waals surface area contributed by atoms with Crippen LogP contribution < -0.4 is 9.64 Å². The lowest BCUT2D eigenvalue weighted by atomic mass is 10.1. The minimum Gasteiger partial charge on any atom is -0.497 e. The molecule has 0 fully saturated rings. The predicted molar refractivity (Wildman–Crippen MR) is 92.3 cm³/mol. The van der Waals surface area contributed by atoms with E-state index < -0.39 is 0 Å². The standard InChI is InChI=1S/C20H16FNO2/c1-24-19-9-5-8-18(14-19)22(17-12-10-16(21)11-13-17)20(23)15-6-3-2-4-7-15/h2-14H,1H3. The van der Waals surface area contributed by atoms with Crippen molar-refractivity contribution in [2.75, 3.05) is 12.0 Å². The van der Waals surface area contributed by atoms with E-state index in [1.165, 1.54) is 17.0 Å². The number of halogens is 1. The molecule has 3 nitrogen and oxygen atoms in total. The molecule has 3 rings (SSSR count). The van der Waals surface area contributed by atoms with Crippen LogP contribution in [0, 0.1) is 5.82 Å². The second kappa shape index (κ2) is 6.96. The van der Waals surface area contributed by atoms with E-state index in [4.69, 9.17) is 4.74 Å². The Kier molecular flexibility index (Phi) is 4.57. The molecule has 0 aliphatic heterocycles. The first-order valence-corrected chi connectivity index (χ1v) is 7.48. The number of carbonyl (C=O) groups is 1. The second-order valence-electron chi connectivity index (χ2n) is 5.18. The Morgan fingerprint density at radius 3 is 2.25 bits per heavy atom. The fraction of sp³-hybridized carbons (Fsp3) is 0.0500. The van der Waals surface area contributed by atoms with Crippen LogP contribution in [0.3, 0.4) is 0 Å². The lowest BCUT2D eigenvalue weighted by molar-refractivity contribution is 0.0999. The van der Waals surface area contributed by atoms with Gasteiger partial charge in [0.15, 0.2) is 0 Å². The average Bonchev–Trinajstić information content (AvgIpc) is 2.64. The number of benzene rings is 3. The van der Waals surface area contributed by atoms with Crippen molar-refractivity contribution in [3.8, 4) is 5.75 Å². The summed E-state index contributed by atoms with van der Waals surface area (Å²) in [6.07, 6.45) is 0. The SMILES string of the molecule is COc1cccc(N(C(=O)c2ccccc2)c2ccc(F)cc2)c1. The third-order valence-corrected chi connectivity index (χ3v) is 3.62. The summed E-state index contributed by atoms with van der Waals surface area (Å²) in [6, 6.07) is 22.0. The normalized spacial score (nSPS) is 10.2. The van der Waals surface area contributed by atoms with Crippen LogP contribution in [0.25, 0.3) is 0 Å². The van der Waals surface area contributed by atoms with Crippen LogP contribution in [-0.4, -0.2) is 13.0 Å². The smallest absolute Gasteiger partial charge is 0.262 e. The van der Waals surface area contributed by atoms with Crippen LogP contribution in [0.15, 0.2) is 78.9 Å². The highest BCUT2D eigenvalue weighted by Crippen LogP contribution is 2.30. The average molecular weight is 321 g/mol. The first-order chi connectivity index (χ1) is 11.7. The summed E-state index contributed by atoms with van der Waals surface area (Å²) < 4.78 is 18.5. The van der Waals surface area contributed by atoms with Crippen molar-refractivity contribution in [1.29, 1.82) is 0 Å². The molecule has 0 spiro atoms. The Morgan fingerprint density at radius 1 is 0.875 bits per heavy atom. The van der Waals surface area contributed by atoms with Gasteiger partial charge in [-0.1, -0.05) is 24.3 Å². The molecule has 0 bridgehead atoms. The van der Waals surface area contributed by atoms with Gasteiger partial charge in [0.05, 0.1) is 12.8 Å². The highest BCUT2D eigenvalue weighted by Gasteiger charge is 2.20. The van der Waals surface area contributed by atoms with Gasteiger partial charge >= 0.3 is 0 Å². The predicted octanol–water partition coefficient (Wildman–Crippen LogP) is 4.81. The molecule has 0 saturated carbocycles. The van der Waals surface area contributed by atoms with Crippen LogP contribution in [0.2, 0.25) is 0 Å². The molecule has 0 radical (unpaired) electrons. The number of anilines is 2. The summed E-state index contributed by atoms with van der Waals surface area (Å²) >= 11 is 0. The highest BCUT2D eigenvalue weighted by atomic mass is 19.1. The highest BCUT2D eigenvalue weighted by molar-refractivity contribution is 6.10. The molecular weight excluding hydrogens is 305 g/mol. The quantitative estimate of drug-likeness (QED) is 0.690. The number of hydrogen-bond acceptors (Lipinski definition) is 2. The molecule has 3 aromatic rings. The largest absolute Gasteiger partial charge is 0.497 e. The van der Waals surface area contributed by atoms with Crippen molar-refractivity contribution in [3.63, 3.8) is 0 Å². The second-order valence-corrected chi connectivity index (χ2v) is 5.18. The van der Waals surface area contributed by atoms with Gasteiger partial charge in [-0.05, 0) is 48.5 Å². The van der Waals surface area contributed by atoms with Crippen LogP contribution >= 0.6 is 0 Å². The Hall–Kier alpha value is -3.14. The Bertz CT molecular complexity index is 832. The van der Waals surface area contributed by atoms with Crippen LogP contribution in [0.1, 0.15) is 10.4 Å². The van der Waals surface area contributed by atoms with Crippen molar-refractivity contribution >= 4 is 17.3 Å². The maximum absolute atomic E-state index is 13.3. The van der Waals surface area contributed by atoms with E-state index in [9.17, 15) is 9.18 Å². The summed E-state index contributed by atoms with van der Waals surface area (Å²) in [5.41, 5.74) is 1.78. The summed E-state index contributed by atoms with van der Waals surface area (Å²) in [6.45, 7) is 0. The summed E-state index contributed by atoms with van der Waals surface area (Å²) in [5, 5.41) is 0. The maximum Gasteiger partial charge on any atom is 0.262 e. The lowest BCUT2D eigenvalue weighted by Gasteiger charge is -2.23. The van der Waals surface area contributed by atoms with Gasteiger partial charge in [0, 0.05) is 17.3 Å². The van der Waals surface area contributed by atoms with Crippen molar-refractivity contribution in [1.82, 2.24) is 0 Å². The molecule has 0 saturated heterocycles. The van der Waals surface area contributed by atoms with E-state index in [0.29, 0.717) is 22.7 Å². The number of amides is 1. The van der Waals surface area contributed by atoms with Crippen molar-refractivity contribution in [3.05, 3.63) is 90.2 Å². The Labute approximate surface area is 139 Å². The van der Waals surface area contributed by atoms with Crippen LogP contribution in [-0.2, 0) is 0 Å². The molecule has 0 aliphatic carbocycles. The summed E-state index contributed by atoms with van der Waals surface area (Å²) in [5.74, 6) is 0.0902. The summed E-state index contributed by atoms with van der Waals surface area (Å²) in [7, 11) is 1.57. The van der Waals surface area contributed by atoms with Gasteiger partial charge in [0.1, 0.15) is 11.6 Å². The van der Waals surface area contributed by atoms with Gasteiger partial charge in [-0.2, -0.15) is 0 Å². The van der Waals surface area contributed by atoms with Gasteiger partial charge in [0.25, 0.3) is 5.91 Å². The molecular formula is C20H16FNO2. The zero-order chi connectivity index (χ0) is 16.9. The van der Waals surface area contributed by atoms with E-state index in [-0.39, 0.29) is 11.7 Å². The first-order valence-electron chi connectivity index (χ1n) is 7.48. The Morgan fingerprint density at radius 2 is 1.58 bits per heavy atom. The third kappa shape index (κ3) is 3.27. The topological polar surface area (TPSA) is 29.5 Å². The first kappa shape index (κ1) is 15.7. The van der Waals surface area contributed by atoms with Crippen molar-refractivity contribution in [2.24, 2.45) is 0 Å². The fourth-order valence-corrected chi connectivity index (χ4v) is 2.43. The van der Waals surface area contributed by atoms with Gasteiger partial charge < -0.3 is 4.74 Å². The number of nitrogens with zero attached hydrogens (tertiary/aromatic N) is 1. The molecule has 3 aromatic carbocycles. The van der Waals surface area contributed by atoms with Crippen LogP contribution in [0.4, 0.5) is 15.8 Å². The van der Waals surface area contributed by atoms with E-state index in [2.05, 4.69) is 0 Å². The number of ether oxygens (including phenoxy) is 1. The molecule has 0 heterocycles.